The zero-order valence-corrected chi connectivity index (χ0v) is 15.2. The molecule has 0 amide bonds. The largest absolute Gasteiger partial charge is 0.468 e. The number of esters is 1. The van der Waals surface area contributed by atoms with E-state index in [2.05, 4.69) is 41.3 Å². The first kappa shape index (κ1) is 17.1. The van der Waals surface area contributed by atoms with Gasteiger partial charge in [0.1, 0.15) is 10.3 Å². The van der Waals surface area contributed by atoms with Crippen molar-refractivity contribution in [1.82, 2.24) is 4.72 Å². The van der Waals surface area contributed by atoms with Crippen LogP contribution in [0.1, 0.15) is 13.8 Å². The maximum absolute atomic E-state index is 12.2. The Morgan fingerprint density at radius 2 is 2.00 bits per heavy atom. The molecule has 0 aliphatic rings. The van der Waals surface area contributed by atoms with Gasteiger partial charge in [0.05, 0.1) is 10.9 Å². The average molecular weight is 435 g/mol. The van der Waals surface area contributed by atoms with E-state index in [0.717, 1.165) is 11.3 Å². The van der Waals surface area contributed by atoms with Crippen LogP contribution >= 0.6 is 43.2 Å². The molecule has 9 heteroatoms. The molecule has 1 aromatic rings. The van der Waals surface area contributed by atoms with Crippen molar-refractivity contribution >= 4 is 59.2 Å². The lowest BCUT2D eigenvalue weighted by Crippen LogP contribution is -2.44. The van der Waals surface area contributed by atoms with Crippen molar-refractivity contribution in [1.29, 1.82) is 0 Å². The van der Waals surface area contributed by atoms with Gasteiger partial charge in [-0.3, -0.25) is 4.79 Å². The Hall–Kier alpha value is 0.0400. The van der Waals surface area contributed by atoms with Gasteiger partial charge in [-0.05, 0) is 43.8 Å². The first-order chi connectivity index (χ1) is 8.69. The number of halogens is 2. The maximum Gasteiger partial charge on any atom is 0.324 e. The van der Waals surface area contributed by atoms with Gasteiger partial charge in [0.15, 0.2) is 0 Å². The number of rotatable bonds is 5. The molecule has 1 N–H and O–H groups in total. The molecule has 1 heterocycles. The normalized spacial score (nSPS) is 13.6. The number of methoxy groups -OCH3 is 1. The van der Waals surface area contributed by atoms with Crippen molar-refractivity contribution in [3.8, 4) is 0 Å². The number of nitrogens with one attached hydrogen (secondary N) is 1. The van der Waals surface area contributed by atoms with Gasteiger partial charge in [-0.15, -0.1) is 11.3 Å². The lowest BCUT2D eigenvalue weighted by Gasteiger charge is -2.19. The second-order valence-corrected chi connectivity index (χ2v) is 9.25. The number of hydrogen-bond donors (Lipinski definition) is 1. The Balaban J connectivity index is 3.08. The smallest absolute Gasteiger partial charge is 0.324 e. The Morgan fingerprint density at radius 1 is 1.42 bits per heavy atom. The summed E-state index contributed by atoms with van der Waals surface area (Å²) in [5.74, 6) is -0.824. The van der Waals surface area contributed by atoms with Crippen LogP contribution in [0.3, 0.4) is 0 Å². The topological polar surface area (TPSA) is 72.5 Å². The van der Waals surface area contributed by atoms with Crippen molar-refractivity contribution in [2.24, 2.45) is 5.92 Å². The van der Waals surface area contributed by atoms with Crippen LogP contribution in [0.15, 0.2) is 18.5 Å². The van der Waals surface area contributed by atoms with E-state index in [0.29, 0.717) is 8.26 Å². The fourth-order valence-corrected chi connectivity index (χ4v) is 6.41. The highest BCUT2D eigenvalue weighted by atomic mass is 79.9. The first-order valence-electron chi connectivity index (χ1n) is 5.24. The highest BCUT2D eigenvalue weighted by molar-refractivity contribution is 9.11. The highest BCUT2D eigenvalue weighted by Crippen LogP contribution is 2.34. The van der Waals surface area contributed by atoms with Crippen LogP contribution in [0.5, 0.6) is 0 Å². The lowest BCUT2D eigenvalue weighted by molar-refractivity contribution is -0.143. The number of carbonyl (C=O) groups is 1. The van der Waals surface area contributed by atoms with E-state index < -0.39 is 22.0 Å². The predicted octanol–water partition coefficient (Wildman–Crippen LogP) is 2.75. The molecule has 1 rings (SSSR count). The molecule has 19 heavy (non-hydrogen) atoms. The van der Waals surface area contributed by atoms with E-state index in [-0.39, 0.29) is 10.1 Å². The molecule has 0 saturated carbocycles. The molecule has 0 bridgehead atoms. The van der Waals surface area contributed by atoms with Crippen LogP contribution in [-0.4, -0.2) is 27.5 Å². The Morgan fingerprint density at radius 3 is 2.37 bits per heavy atom. The van der Waals surface area contributed by atoms with Gasteiger partial charge >= 0.3 is 5.97 Å². The van der Waals surface area contributed by atoms with Crippen molar-refractivity contribution in [2.75, 3.05) is 7.11 Å². The zero-order chi connectivity index (χ0) is 14.8. The number of sulfonamides is 1. The number of hydrogen-bond acceptors (Lipinski definition) is 5. The van der Waals surface area contributed by atoms with Gasteiger partial charge in [0, 0.05) is 4.47 Å². The van der Waals surface area contributed by atoms with Crippen LogP contribution in [0.4, 0.5) is 0 Å². The van der Waals surface area contributed by atoms with Crippen LogP contribution in [0.25, 0.3) is 0 Å². The Kier molecular flexibility index (Phi) is 5.99. The second-order valence-electron chi connectivity index (χ2n) is 4.05. The summed E-state index contributed by atoms with van der Waals surface area (Å²) >= 11 is 7.46. The van der Waals surface area contributed by atoms with E-state index in [1.165, 1.54) is 7.11 Å². The summed E-state index contributed by atoms with van der Waals surface area (Å²) in [6.45, 7) is 3.48. The van der Waals surface area contributed by atoms with E-state index in [1.807, 2.05) is 0 Å². The fraction of sp³-hybridized carbons (Fsp3) is 0.500. The minimum Gasteiger partial charge on any atom is -0.468 e. The fourth-order valence-electron chi connectivity index (χ4n) is 1.31. The zero-order valence-electron chi connectivity index (χ0n) is 10.4. The van der Waals surface area contributed by atoms with Crippen LogP contribution in [0, 0.1) is 5.92 Å². The molecule has 1 unspecified atom stereocenters. The minimum absolute atomic E-state index is 0.119. The lowest BCUT2D eigenvalue weighted by atomic mass is 10.1. The van der Waals surface area contributed by atoms with Gasteiger partial charge in [0.2, 0.25) is 0 Å². The summed E-state index contributed by atoms with van der Waals surface area (Å²) in [6.07, 6.45) is 0. The summed E-state index contributed by atoms with van der Waals surface area (Å²) < 4.78 is 32.7. The number of carbonyl (C=O) groups excluding carboxylic acids is 1. The first-order valence-corrected chi connectivity index (χ1v) is 9.12. The molecular weight excluding hydrogens is 422 g/mol. The Labute approximate surface area is 133 Å². The van der Waals surface area contributed by atoms with Crippen molar-refractivity contribution < 1.29 is 17.9 Å². The molecule has 1 aromatic heterocycles. The van der Waals surface area contributed by atoms with E-state index in [4.69, 9.17) is 0 Å². The summed E-state index contributed by atoms with van der Waals surface area (Å²) in [5, 5.41) is 0. The van der Waals surface area contributed by atoms with Gasteiger partial charge in [-0.25, -0.2) is 8.42 Å². The SMILES string of the molecule is COC(=O)C(NS(=O)(=O)c1sc(Br)cc1Br)C(C)C. The molecule has 0 saturated heterocycles. The number of ether oxygens (including phenoxy) is 1. The molecule has 0 spiro atoms. The molecule has 0 radical (unpaired) electrons. The summed E-state index contributed by atoms with van der Waals surface area (Å²) in [7, 11) is -2.55. The van der Waals surface area contributed by atoms with E-state index in [1.54, 1.807) is 19.9 Å². The minimum atomic E-state index is -3.78. The van der Waals surface area contributed by atoms with Gasteiger partial charge in [0.25, 0.3) is 10.0 Å². The van der Waals surface area contributed by atoms with Gasteiger partial charge < -0.3 is 4.74 Å². The quantitative estimate of drug-likeness (QED) is 0.723. The van der Waals surface area contributed by atoms with Crippen molar-refractivity contribution in [3.63, 3.8) is 0 Å². The van der Waals surface area contributed by atoms with Crippen LogP contribution in [0.2, 0.25) is 0 Å². The molecule has 0 aliphatic heterocycles. The van der Waals surface area contributed by atoms with Crippen LogP contribution < -0.4 is 4.72 Å². The Bertz CT molecular complexity index is 568. The van der Waals surface area contributed by atoms with E-state index >= 15 is 0 Å². The molecule has 1 atom stereocenters. The number of thiophene rings is 1. The van der Waals surface area contributed by atoms with Gasteiger partial charge in [-0.2, -0.15) is 4.72 Å². The maximum atomic E-state index is 12.2. The molecule has 0 fully saturated rings. The summed E-state index contributed by atoms with van der Waals surface area (Å²) in [4.78, 5) is 11.6. The second kappa shape index (κ2) is 6.66. The van der Waals surface area contributed by atoms with Crippen molar-refractivity contribution in [2.45, 2.75) is 24.1 Å². The standard InChI is InChI=1S/C10H13Br2NO4S2/c1-5(2)8(9(14)17-3)13-19(15,16)10-6(11)4-7(12)18-10/h4-5,8,13H,1-3H3. The third-order valence-corrected chi connectivity index (χ3v) is 7.04. The molecule has 5 nitrogen and oxygen atoms in total. The molecular formula is C10H13Br2NO4S2. The molecule has 0 aliphatic carbocycles. The van der Waals surface area contributed by atoms with E-state index in [9.17, 15) is 13.2 Å². The highest BCUT2D eigenvalue weighted by Gasteiger charge is 2.31. The summed E-state index contributed by atoms with van der Waals surface area (Å²) in [5.41, 5.74) is 0. The van der Waals surface area contributed by atoms with Crippen LogP contribution in [-0.2, 0) is 19.6 Å². The average Bonchev–Trinajstić information content (AvgIpc) is 2.65. The third kappa shape index (κ3) is 4.25. The van der Waals surface area contributed by atoms with Gasteiger partial charge in [-0.1, -0.05) is 13.8 Å². The molecule has 108 valence electrons. The predicted molar refractivity (Wildman–Crippen MR) is 80.7 cm³/mol. The third-order valence-electron chi connectivity index (χ3n) is 2.27. The monoisotopic (exact) mass is 433 g/mol. The molecule has 0 aromatic carbocycles. The summed E-state index contributed by atoms with van der Waals surface area (Å²) in [6, 6.07) is 0.727. The van der Waals surface area contributed by atoms with Crippen molar-refractivity contribution in [3.05, 3.63) is 14.3 Å².